The van der Waals surface area contributed by atoms with Gasteiger partial charge >= 0.3 is 0 Å². The van der Waals surface area contributed by atoms with Crippen LogP contribution >= 0.6 is 0 Å². The average molecular weight is 343 g/mol. The van der Waals surface area contributed by atoms with E-state index in [1.165, 1.54) is 12.1 Å². The number of aryl methyl sites for hydroxylation is 3. The van der Waals surface area contributed by atoms with Gasteiger partial charge < -0.3 is 9.73 Å². The molecule has 0 saturated carbocycles. The van der Waals surface area contributed by atoms with E-state index in [0.29, 0.717) is 23.8 Å². The molecule has 0 aliphatic carbocycles. The first-order valence-electron chi connectivity index (χ1n) is 7.86. The molecule has 0 unspecified atom stereocenters. The Morgan fingerprint density at radius 3 is 2.88 bits per heavy atom. The van der Waals surface area contributed by atoms with Crippen LogP contribution in [0.1, 0.15) is 23.6 Å². The maximum absolute atomic E-state index is 13.1. The molecule has 0 aliphatic heterocycles. The van der Waals surface area contributed by atoms with E-state index in [0.717, 1.165) is 11.4 Å². The van der Waals surface area contributed by atoms with Crippen molar-refractivity contribution in [1.82, 2.24) is 25.3 Å². The third kappa shape index (κ3) is 4.28. The van der Waals surface area contributed by atoms with Gasteiger partial charge in [-0.1, -0.05) is 12.1 Å². The summed E-state index contributed by atoms with van der Waals surface area (Å²) in [5, 5.41) is 14.9. The highest BCUT2D eigenvalue weighted by Crippen LogP contribution is 2.18. The van der Waals surface area contributed by atoms with Crippen LogP contribution < -0.4 is 5.32 Å². The van der Waals surface area contributed by atoms with Crippen molar-refractivity contribution in [2.24, 2.45) is 7.05 Å². The highest BCUT2D eigenvalue weighted by Gasteiger charge is 2.14. The lowest BCUT2D eigenvalue weighted by Gasteiger charge is -2.04. The van der Waals surface area contributed by atoms with E-state index in [4.69, 9.17) is 4.42 Å². The highest BCUT2D eigenvalue weighted by molar-refractivity contribution is 5.76. The van der Waals surface area contributed by atoms with Gasteiger partial charge in [-0.15, -0.1) is 10.2 Å². The van der Waals surface area contributed by atoms with Gasteiger partial charge in [-0.25, -0.2) is 4.39 Å². The summed E-state index contributed by atoms with van der Waals surface area (Å²) in [6.45, 7) is 2.16. The minimum Gasteiger partial charge on any atom is -0.419 e. The number of nitrogens with zero attached hydrogens (tertiary/aromatic N) is 4. The number of amides is 1. The van der Waals surface area contributed by atoms with Crippen molar-refractivity contribution in [2.45, 2.75) is 26.3 Å². The summed E-state index contributed by atoms with van der Waals surface area (Å²) in [6.07, 6.45) is 0.542. The van der Waals surface area contributed by atoms with E-state index in [1.807, 2.05) is 13.0 Å². The fourth-order valence-electron chi connectivity index (χ4n) is 2.43. The minimum atomic E-state index is -0.324. The van der Waals surface area contributed by atoms with Crippen LogP contribution in [0.15, 0.2) is 34.7 Å². The second-order valence-electron chi connectivity index (χ2n) is 5.70. The summed E-state index contributed by atoms with van der Waals surface area (Å²) in [6, 6.07) is 7.96. The Morgan fingerprint density at radius 2 is 2.16 bits per heavy atom. The average Bonchev–Trinajstić information content (AvgIpc) is 3.17. The predicted octanol–water partition coefficient (Wildman–Crippen LogP) is 2.17. The highest BCUT2D eigenvalue weighted by atomic mass is 19.1. The van der Waals surface area contributed by atoms with E-state index in [9.17, 15) is 9.18 Å². The lowest BCUT2D eigenvalue weighted by molar-refractivity contribution is -0.121. The number of carbonyl (C=O) groups excluding carboxylic acids is 1. The van der Waals surface area contributed by atoms with Crippen molar-refractivity contribution in [3.05, 3.63) is 53.3 Å². The van der Waals surface area contributed by atoms with Crippen LogP contribution in [0, 0.1) is 12.7 Å². The fraction of sp³-hybridized carbons (Fsp3) is 0.294. The number of benzene rings is 1. The zero-order valence-corrected chi connectivity index (χ0v) is 14.0. The monoisotopic (exact) mass is 343 g/mol. The Labute approximate surface area is 143 Å². The van der Waals surface area contributed by atoms with E-state index in [-0.39, 0.29) is 24.7 Å². The van der Waals surface area contributed by atoms with Crippen molar-refractivity contribution in [3.8, 4) is 11.6 Å². The maximum Gasteiger partial charge on any atom is 0.265 e. The van der Waals surface area contributed by atoms with Crippen molar-refractivity contribution in [1.29, 1.82) is 0 Å². The van der Waals surface area contributed by atoms with Crippen molar-refractivity contribution < 1.29 is 13.6 Å². The first-order chi connectivity index (χ1) is 12.0. The largest absolute Gasteiger partial charge is 0.419 e. The third-order valence-electron chi connectivity index (χ3n) is 3.63. The number of rotatable bonds is 6. The molecule has 1 amide bonds. The lowest BCUT2D eigenvalue weighted by Crippen LogP contribution is -2.23. The van der Waals surface area contributed by atoms with Gasteiger partial charge in [0.05, 0.1) is 5.69 Å². The molecule has 0 radical (unpaired) electrons. The fourth-order valence-corrected chi connectivity index (χ4v) is 2.43. The second kappa shape index (κ2) is 7.25. The molecule has 0 fully saturated rings. The molecular weight excluding hydrogens is 325 g/mol. The van der Waals surface area contributed by atoms with Crippen LogP contribution in [0.2, 0.25) is 0 Å². The molecule has 25 heavy (non-hydrogen) atoms. The third-order valence-corrected chi connectivity index (χ3v) is 3.63. The molecule has 1 N–H and O–H groups in total. The minimum absolute atomic E-state index is 0.166. The Hall–Kier alpha value is -3.03. The SMILES string of the molecule is Cc1cc(-c2nnc(CCC(=O)NCc3cccc(F)c3)o2)n(C)n1. The molecule has 0 spiro atoms. The van der Waals surface area contributed by atoms with E-state index in [1.54, 1.807) is 23.9 Å². The molecule has 7 nitrogen and oxygen atoms in total. The Morgan fingerprint density at radius 1 is 1.32 bits per heavy atom. The summed E-state index contributed by atoms with van der Waals surface area (Å²) in [5.74, 6) is 0.268. The van der Waals surface area contributed by atoms with Gasteiger partial charge in [0.15, 0.2) is 0 Å². The van der Waals surface area contributed by atoms with Crippen LogP contribution in [0.5, 0.6) is 0 Å². The van der Waals surface area contributed by atoms with Gasteiger partial charge in [0.2, 0.25) is 11.8 Å². The molecule has 130 valence electrons. The summed E-state index contributed by atoms with van der Waals surface area (Å²) in [7, 11) is 1.80. The van der Waals surface area contributed by atoms with Crippen LogP contribution in [0.4, 0.5) is 4.39 Å². The van der Waals surface area contributed by atoms with Crippen LogP contribution in [0.3, 0.4) is 0 Å². The normalized spacial score (nSPS) is 10.8. The topological polar surface area (TPSA) is 85.8 Å². The first kappa shape index (κ1) is 16.8. The van der Waals surface area contributed by atoms with Crippen LogP contribution in [-0.2, 0) is 24.8 Å². The van der Waals surface area contributed by atoms with Crippen LogP contribution in [-0.4, -0.2) is 25.9 Å². The quantitative estimate of drug-likeness (QED) is 0.741. The molecule has 0 atom stereocenters. The molecule has 3 aromatic rings. The number of halogens is 1. The number of aromatic nitrogens is 4. The van der Waals surface area contributed by atoms with Gasteiger partial charge in [0.1, 0.15) is 11.5 Å². The molecule has 1 aromatic carbocycles. The lowest BCUT2D eigenvalue weighted by atomic mass is 10.2. The predicted molar refractivity (Wildman–Crippen MR) is 87.8 cm³/mol. The molecule has 2 aromatic heterocycles. The van der Waals surface area contributed by atoms with E-state index < -0.39 is 0 Å². The van der Waals surface area contributed by atoms with Crippen molar-refractivity contribution in [2.75, 3.05) is 0 Å². The van der Waals surface area contributed by atoms with Crippen molar-refractivity contribution in [3.63, 3.8) is 0 Å². The molecule has 2 heterocycles. The molecule has 8 heteroatoms. The van der Waals surface area contributed by atoms with Gasteiger partial charge in [-0.2, -0.15) is 5.10 Å². The van der Waals surface area contributed by atoms with Crippen molar-refractivity contribution >= 4 is 5.91 Å². The zero-order valence-electron chi connectivity index (χ0n) is 14.0. The van der Waals surface area contributed by atoms with Crippen LogP contribution in [0.25, 0.3) is 11.6 Å². The number of hydrogen-bond donors (Lipinski definition) is 1. The molecule has 0 aliphatic rings. The van der Waals surface area contributed by atoms with Gasteiger partial charge in [0.25, 0.3) is 5.89 Å². The molecule has 0 saturated heterocycles. The Kier molecular flexibility index (Phi) is 4.87. The molecule has 3 rings (SSSR count). The smallest absolute Gasteiger partial charge is 0.265 e. The van der Waals surface area contributed by atoms with Gasteiger partial charge in [-0.3, -0.25) is 9.48 Å². The summed E-state index contributed by atoms with van der Waals surface area (Å²) in [5.41, 5.74) is 2.29. The summed E-state index contributed by atoms with van der Waals surface area (Å²) >= 11 is 0. The number of nitrogens with one attached hydrogen (secondary N) is 1. The number of carbonyl (C=O) groups is 1. The molecular formula is C17H18FN5O2. The zero-order chi connectivity index (χ0) is 17.8. The van der Waals surface area contributed by atoms with E-state index in [2.05, 4.69) is 20.6 Å². The standard InChI is InChI=1S/C17H18FN5O2/c1-11-8-14(23(2)22-11)17-21-20-16(25-17)7-6-15(24)19-10-12-4-3-5-13(18)9-12/h3-5,8-9H,6-7,10H2,1-2H3,(H,19,24). The Bertz CT molecular complexity index is 887. The second-order valence-corrected chi connectivity index (χ2v) is 5.70. The maximum atomic E-state index is 13.1. The van der Waals surface area contributed by atoms with E-state index >= 15 is 0 Å². The van der Waals surface area contributed by atoms with Gasteiger partial charge in [0, 0.05) is 26.4 Å². The summed E-state index contributed by atoms with van der Waals surface area (Å²) < 4.78 is 20.3. The number of hydrogen-bond acceptors (Lipinski definition) is 5. The Balaban J connectivity index is 1.52. The van der Waals surface area contributed by atoms with Gasteiger partial charge in [-0.05, 0) is 30.7 Å². The first-order valence-corrected chi connectivity index (χ1v) is 7.86. The summed E-state index contributed by atoms with van der Waals surface area (Å²) in [4.78, 5) is 11.9. The molecule has 0 bridgehead atoms.